The van der Waals surface area contributed by atoms with E-state index in [1.807, 2.05) is 0 Å². The molecule has 0 atom stereocenters. The molecular weight excluding hydrogens is 197 g/mol. The van der Waals surface area contributed by atoms with E-state index in [1.165, 1.54) is 13.2 Å². The molecule has 1 aromatic rings. The minimum absolute atomic E-state index is 0.249. The van der Waals surface area contributed by atoms with Crippen molar-refractivity contribution < 1.29 is 14.0 Å². The van der Waals surface area contributed by atoms with Crippen LogP contribution in [-0.4, -0.2) is 20.8 Å². The van der Waals surface area contributed by atoms with E-state index in [0.29, 0.717) is 6.61 Å². The Morgan fingerprint density at radius 2 is 2.27 bits per heavy atom. The van der Waals surface area contributed by atoms with Crippen LogP contribution in [0.5, 0.6) is 5.75 Å². The predicted molar refractivity (Wildman–Crippen MR) is 57.0 cm³/mol. The second-order valence-electron chi connectivity index (χ2n) is 2.81. The zero-order valence-corrected chi connectivity index (χ0v) is 8.79. The van der Waals surface area contributed by atoms with Crippen molar-refractivity contribution in [2.24, 2.45) is 0 Å². The van der Waals surface area contributed by atoms with Crippen molar-refractivity contribution in [3.05, 3.63) is 35.7 Å². The van der Waals surface area contributed by atoms with E-state index < -0.39 is 0 Å². The first-order valence-corrected chi connectivity index (χ1v) is 4.56. The quantitative estimate of drug-likeness (QED) is 0.597. The first-order chi connectivity index (χ1) is 7.27. The predicted octanol–water partition coefficient (Wildman–Crippen LogP) is 2.00. The van der Waals surface area contributed by atoms with Gasteiger partial charge in [0, 0.05) is 7.05 Å². The maximum atomic E-state index is 13.2. The fourth-order valence-corrected chi connectivity index (χ4v) is 1.10. The summed E-state index contributed by atoms with van der Waals surface area (Å²) in [5.74, 6) is -0.118. The van der Waals surface area contributed by atoms with Gasteiger partial charge in [0.05, 0.1) is 13.7 Å². The first-order valence-electron chi connectivity index (χ1n) is 4.56. The summed E-state index contributed by atoms with van der Waals surface area (Å²) in [5.41, 5.74) is 3.31. The molecule has 0 fully saturated rings. The molecule has 0 unspecified atom stereocenters. The third kappa shape index (κ3) is 3.69. The van der Waals surface area contributed by atoms with Gasteiger partial charge in [-0.1, -0.05) is 18.2 Å². The molecule has 0 bridgehead atoms. The van der Waals surface area contributed by atoms with Gasteiger partial charge in [0.1, 0.15) is 0 Å². The zero-order chi connectivity index (χ0) is 11.1. The molecule has 0 amide bonds. The van der Waals surface area contributed by atoms with Gasteiger partial charge in [-0.2, -0.15) is 0 Å². The molecule has 4 heteroatoms. The van der Waals surface area contributed by atoms with Crippen molar-refractivity contribution >= 4 is 6.08 Å². The average Bonchev–Trinajstić information content (AvgIpc) is 2.25. The summed E-state index contributed by atoms with van der Waals surface area (Å²) >= 11 is 0. The van der Waals surface area contributed by atoms with Gasteiger partial charge >= 0.3 is 0 Å². The molecular formula is C11H14FNO2. The Kier molecular flexibility index (Phi) is 4.80. The van der Waals surface area contributed by atoms with Crippen LogP contribution in [-0.2, 0) is 4.84 Å². The van der Waals surface area contributed by atoms with E-state index in [1.54, 1.807) is 31.3 Å². The molecule has 1 aromatic carbocycles. The number of nitrogens with one attached hydrogen (secondary N) is 1. The topological polar surface area (TPSA) is 30.5 Å². The fraction of sp³-hybridized carbons (Fsp3) is 0.273. The van der Waals surface area contributed by atoms with Crippen LogP contribution >= 0.6 is 0 Å². The largest absolute Gasteiger partial charge is 0.494 e. The third-order valence-corrected chi connectivity index (χ3v) is 1.81. The number of hydrogen-bond acceptors (Lipinski definition) is 3. The highest BCUT2D eigenvalue weighted by Crippen LogP contribution is 2.18. The summed E-state index contributed by atoms with van der Waals surface area (Å²) in [6, 6.07) is 4.78. The normalized spacial score (nSPS) is 10.9. The van der Waals surface area contributed by atoms with Crippen LogP contribution in [0.15, 0.2) is 24.3 Å². The van der Waals surface area contributed by atoms with E-state index in [2.05, 4.69) is 5.48 Å². The second-order valence-corrected chi connectivity index (χ2v) is 2.81. The lowest BCUT2D eigenvalue weighted by atomic mass is 10.2. The Balaban J connectivity index is 2.63. The second kappa shape index (κ2) is 6.16. The highest BCUT2D eigenvalue weighted by Gasteiger charge is 2.00. The van der Waals surface area contributed by atoms with Crippen LogP contribution in [0.4, 0.5) is 4.39 Å². The highest BCUT2D eigenvalue weighted by molar-refractivity contribution is 5.51. The van der Waals surface area contributed by atoms with Gasteiger partial charge < -0.3 is 4.74 Å². The van der Waals surface area contributed by atoms with Crippen LogP contribution in [0.2, 0.25) is 0 Å². The maximum absolute atomic E-state index is 13.2. The summed E-state index contributed by atoms with van der Waals surface area (Å²) in [4.78, 5) is 4.88. The Labute approximate surface area is 88.5 Å². The minimum Gasteiger partial charge on any atom is -0.494 e. The summed E-state index contributed by atoms with van der Waals surface area (Å²) in [6.45, 7) is 0.435. The molecule has 0 aliphatic rings. The highest BCUT2D eigenvalue weighted by atomic mass is 19.1. The van der Waals surface area contributed by atoms with E-state index in [-0.39, 0.29) is 11.6 Å². The summed E-state index contributed by atoms with van der Waals surface area (Å²) in [6.07, 6.45) is 3.57. The first kappa shape index (κ1) is 11.7. The van der Waals surface area contributed by atoms with Crippen molar-refractivity contribution in [2.75, 3.05) is 20.8 Å². The van der Waals surface area contributed by atoms with Crippen LogP contribution in [0, 0.1) is 5.82 Å². The van der Waals surface area contributed by atoms with Crippen LogP contribution in [0.1, 0.15) is 5.56 Å². The van der Waals surface area contributed by atoms with Crippen molar-refractivity contribution in [2.45, 2.75) is 0 Å². The Bertz CT molecular complexity index is 339. The lowest BCUT2D eigenvalue weighted by Gasteiger charge is -2.01. The molecule has 0 heterocycles. The monoisotopic (exact) mass is 211 g/mol. The van der Waals surface area contributed by atoms with E-state index >= 15 is 0 Å². The molecule has 0 aliphatic carbocycles. The Morgan fingerprint density at radius 1 is 1.47 bits per heavy atom. The average molecular weight is 211 g/mol. The number of benzene rings is 1. The lowest BCUT2D eigenvalue weighted by Crippen LogP contribution is -2.06. The van der Waals surface area contributed by atoms with Crippen LogP contribution in [0.25, 0.3) is 6.08 Å². The molecule has 15 heavy (non-hydrogen) atoms. The van der Waals surface area contributed by atoms with Gasteiger partial charge in [-0.25, -0.2) is 9.87 Å². The lowest BCUT2D eigenvalue weighted by molar-refractivity contribution is 0.0814. The molecule has 0 saturated heterocycles. The maximum Gasteiger partial charge on any atom is 0.165 e. The Morgan fingerprint density at radius 3 is 2.87 bits per heavy atom. The van der Waals surface area contributed by atoms with Crippen molar-refractivity contribution in [3.8, 4) is 5.75 Å². The smallest absolute Gasteiger partial charge is 0.165 e. The van der Waals surface area contributed by atoms with Gasteiger partial charge in [-0.05, 0) is 17.7 Å². The van der Waals surface area contributed by atoms with Crippen molar-refractivity contribution in [3.63, 3.8) is 0 Å². The third-order valence-electron chi connectivity index (χ3n) is 1.81. The van der Waals surface area contributed by atoms with Crippen molar-refractivity contribution in [1.82, 2.24) is 5.48 Å². The van der Waals surface area contributed by atoms with E-state index in [9.17, 15) is 4.39 Å². The zero-order valence-electron chi connectivity index (χ0n) is 8.79. The Hall–Kier alpha value is -1.39. The number of halogens is 1. The molecule has 82 valence electrons. The molecule has 1 N–H and O–H groups in total. The van der Waals surface area contributed by atoms with Crippen LogP contribution < -0.4 is 10.2 Å². The molecule has 0 radical (unpaired) electrons. The van der Waals surface area contributed by atoms with Gasteiger partial charge in [0.25, 0.3) is 0 Å². The number of hydroxylamine groups is 1. The number of hydrogen-bond donors (Lipinski definition) is 1. The molecule has 1 rings (SSSR count). The fourth-order valence-electron chi connectivity index (χ4n) is 1.10. The number of ether oxygens (including phenoxy) is 1. The summed E-state index contributed by atoms with van der Waals surface area (Å²) < 4.78 is 18.0. The number of rotatable bonds is 5. The summed E-state index contributed by atoms with van der Waals surface area (Å²) in [7, 11) is 3.12. The molecule has 0 aliphatic heterocycles. The molecule has 0 spiro atoms. The van der Waals surface area contributed by atoms with Crippen molar-refractivity contribution in [1.29, 1.82) is 0 Å². The molecule has 0 saturated carbocycles. The van der Waals surface area contributed by atoms with Crippen LogP contribution in [0.3, 0.4) is 0 Å². The number of methoxy groups -OCH3 is 1. The van der Waals surface area contributed by atoms with E-state index in [0.717, 1.165) is 5.56 Å². The SMILES string of the molecule is CNOC/C=C/c1ccc(OC)c(F)c1. The molecule has 0 aromatic heterocycles. The van der Waals surface area contributed by atoms with Gasteiger partial charge in [-0.3, -0.25) is 4.84 Å². The minimum atomic E-state index is -0.366. The van der Waals surface area contributed by atoms with Gasteiger partial charge in [-0.15, -0.1) is 0 Å². The summed E-state index contributed by atoms with van der Waals surface area (Å²) in [5, 5.41) is 0. The van der Waals surface area contributed by atoms with E-state index in [4.69, 9.17) is 9.57 Å². The van der Waals surface area contributed by atoms with Gasteiger partial charge in [0.2, 0.25) is 0 Å². The van der Waals surface area contributed by atoms with Gasteiger partial charge in [0.15, 0.2) is 11.6 Å². The molecule has 3 nitrogen and oxygen atoms in total. The standard InChI is InChI=1S/C11H14FNO2/c1-13-15-7-3-4-9-5-6-11(14-2)10(12)8-9/h3-6,8,13H,7H2,1-2H3/b4-3+.